The van der Waals surface area contributed by atoms with E-state index in [2.05, 4.69) is 9.88 Å². The van der Waals surface area contributed by atoms with Crippen LogP contribution in [-0.2, 0) is 6.54 Å². The van der Waals surface area contributed by atoms with Crippen molar-refractivity contribution in [2.45, 2.75) is 38.3 Å². The first-order valence-corrected chi connectivity index (χ1v) is 6.94. The molecule has 16 heavy (non-hydrogen) atoms. The molecule has 1 aromatic rings. The van der Waals surface area contributed by atoms with Crippen LogP contribution < -0.4 is 0 Å². The third-order valence-corrected chi connectivity index (χ3v) is 4.18. The van der Waals surface area contributed by atoms with E-state index >= 15 is 0 Å². The molecule has 0 atom stereocenters. The largest absolute Gasteiger partial charge is 0.396 e. The van der Waals surface area contributed by atoms with Gasteiger partial charge in [-0.1, -0.05) is 18.0 Å². The Balaban J connectivity index is 1.90. The van der Waals surface area contributed by atoms with Gasteiger partial charge in [-0.3, -0.25) is 4.90 Å². The van der Waals surface area contributed by atoms with Gasteiger partial charge in [0.15, 0.2) is 4.47 Å². The number of aliphatic hydroxyl groups excluding tert-OH is 1. The van der Waals surface area contributed by atoms with Crippen molar-refractivity contribution in [1.82, 2.24) is 9.88 Å². The number of nitrogens with zero attached hydrogens (tertiary/aromatic N) is 2. The van der Waals surface area contributed by atoms with Crippen LogP contribution in [0.25, 0.3) is 0 Å². The van der Waals surface area contributed by atoms with Crippen LogP contribution in [0.1, 0.15) is 30.6 Å². The summed E-state index contributed by atoms with van der Waals surface area (Å²) < 4.78 is 0.616. The average Bonchev–Trinajstić information content (AvgIpc) is 2.58. The average molecular weight is 261 g/mol. The molecule has 5 heteroatoms. The summed E-state index contributed by atoms with van der Waals surface area (Å²) in [5.74, 6) is 0. The first kappa shape index (κ1) is 12.3. The van der Waals surface area contributed by atoms with Crippen molar-refractivity contribution in [2.24, 2.45) is 0 Å². The lowest BCUT2D eigenvalue weighted by Crippen LogP contribution is -2.40. The van der Waals surface area contributed by atoms with Crippen LogP contribution in [0.4, 0.5) is 0 Å². The summed E-state index contributed by atoms with van der Waals surface area (Å²) in [6.45, 7) is 2.17. The van der Waals surface area contributed by atoms with Gasteiger partial charge in [-0.2, -0.15) is 0 Å². The van der Waals surface area contributed by atoms with E-state index < -0.39 is 0 Å². The van der Waals surface area contributed by atoms with Crippen molar-refractivity contribution in [3.05, 3.63) is 15.5 Å². The number of halogens is 1. The number of aromatic nitrogens is 1. The Kier molecular flexibility index (Phi) is 4.58. The highest BCUT2D eigenvalue weighted by Gasteiger charge is 2.24. The molecule has 0 aliphatic heterocycles. The summed E-state index contributed by atoms with van der Waals surface area (Å²) in [6.07, 6.45) is 6.63. The first-order chi connectivity index (χ1) is 7.79. The van der Waals surface area contributed by atoms with E-state index in [-0.39, 0.29) is 6.61 Å². The minimum absolute atomic E-state index is 0.271. The minimum Gasteiger partial charge on any atom is -0.396 e. The highest BCUT2D eigenvalue weighted by Crippen LogP contribution is 2.28. The Morgan fingerprint density at radius 2 is 2.38 bits per heavy atom. The molecule has 0 spiro atoms. The SMILES string of the molecule is OCCCN(Cc1cnc(Cl)s1)C1CCC1. The second-order valence-electron chi connectivity index (χ2n) is 4.21. The maximum Gasteiger partial charge on any atom is 0.183 e. The molecule has 0 saturated heterocycles. The third kappa shape index (κ3) is 3.17. The number of rotatable bonds is 6. The molecule has 0 amide bonds. The molecule has 0 radical (unpaired) electrons. The topological polar surface area (TPSA) is 36.4 Å². The number of hydrogen-bond donors (Lipinski definition) is 1. The number of thiazole rings is 1. The lowest BCUT2D eigenvalue weighted by atomic mass is 9.91. The van der Waals surface area contributed by atoms with Crippen molar-refractivity contribution in [3.63, 3.8) is 0 Å². The quantitative estimate of drug-likeness (QED) is 0.854. The zero-order chi connectivity index (χ0) is 11.4. The predicted molar refractivity (Wildman–Crippen MR) is 66.9 cm³/mol. The lowest BCUT2D eigenvalue weighted by molar-refractivity contribution is 0.110. The van der Waals surface area contributed by atoms with Gasteiger partial charge in [0.05, 0.1) is 0 Å². The van der Waals surface area contributed by atoms with Crippen molar-refractivity contribution in [1.29, 1.82) is 0 Å². The lowest BCUT2D eigenvalue weighted by Gasteiger charge is -2.37. The summed E-state index contributed by atoms with van der Waals surface area (Å²) in [7, 11) is 0. The van der Waals surface area contributed by atoms with E-state index in [1.54, 1.807) is 11.3 Å². The fraction of sp³-hybridized carbons (Fsp3) is 0.727. The summed E-state index contributed by atoms with van der Waals surface area (Å²) in [5, 5.41) is 8.90. The van der Waals surface area contributed by atoms with Crippen LogP contribution in [0.2, 0.25) is 4.47 Å². The third-order valence-electron chi connectivity index (χ3n) is 3.08. The van der Waals surface area contributed by atoms with Gasteiger partial charge in [-0.05, 0) is 19.3 Å². The first-order valence-electron chi connectivity index (χ1n) is 5.74. The fourth-order valence-electron chi connectivity index (χ4n) is 1.97. The molecule has 0 bridgehead atoms. The van der Waals surface area contributed by atoms with Gasteiger partial charge in [0, 0.05) is 36.8 Å². The zero-order valence-electron chi connectivity index (χ0n) is 9.23. The predicted octanol–water partition coefficient (Wildman–Crippen LogP) is 2.53. The van der Waals surface area contributed by atoms with Crippen LogP contribution in [0, 0.1) is 0 Å². The molecule has 1 fully saturated rings. The summed E-state index contributed by atoms with van der Waals surface area (Å²) >= 11 is 7.38. The van der Waals surface area contributed by atoms with Gasteiger partial charge in [-0.25, -0.2) is 4.98 Å². The normalized spacial score (nSPS) is 16.7. The molecule has 90 valence electrons. The highest BCUT2D eigenvalue weighted by atomic mass is 35.5. The van der Waals surface area contributed by atoms with Gasteiger partial charge < -0.3 is 5.11 Å². The summed E-state index contributed by atoms with van der Waals surface area (Å²) in [4.78, 5) is 7.73. The van der Waals surface area contributed by atoms with Gasteiger partial charge in [0.25, 0.3) is 0 Å². The molecule has 0 unspecified atom stereocenters. The Morgan fingerprint density at radius 1 is 1.56 bits per heavy atom. The van der Waals surface area contributed by atoms with Crippen molar-refractivity contribution >= 4 is 22.9 Å². The molecule has 3 nitrogen and oxygen atoms in total. The second-order valence-corrected chi connectivity index (χ2v) is 5.91. The Morgan fingerprint density at radius 3 is 2.88 bits per heavy atom. The number of aliphatic hydroxyl groups is 1. The van der Waals surface area contributed by atoms with E-state index in [0.717, 1.165) is 19.5 Å². The highest BCUT2D eigenvalue weighted by molar-refractivity contribution is 7.15. The molecular weight excluding hydrogens is 244 g/mol. The van der Waals surface area contributed by atoms with Crippen molar-refractivity contribution < 1.29 is 5.11 Å². The van der Waals surface area contributed by atoms with E-state index in [1.807, 2.05) is 6.20 Å². The van der Waals surface area contributed by atoms with Gasteiger partial charge in [0.2, 0.25) is 0 Å². The van der Waals surface area contributed by atoms with Crippen LogP contribution in [0.5, 0.6) is 0 Å². The smallest absolute Gasteiger partial charge is 0.183 e. The molecular formula is C11H17ClN2OS. The van der Waals surface area contributed by atoms with Gasteiger partial charge in [-0.15, -0.1) is 11.3 Å². The summed E-state index contributed by atoms with van der Waals surface area (Å²) in [5.41, 5.74) is 0. The Bertz CT molecular complexity index is 328. The molecule has 1 heterocycles. The van der Waals surface area contributed by atoms with Crippen LogP contribution in [0.15, 0.2) is 6.20 Å². The van der Waals surface area contributed by atoms with Crippen molar-refractivity contribution in [2.75, 3.05) is 13.2 Å². The molecule has 2 rings (SSSR count). The molecule has 1 aliphatic rings. The second kappa shape index (κ2) is 5.96. The van der Waals surface area contributed by atoms with E-state index in [0.29, 0.717) is 10.5 Å². The standard InChI is InChI=1S/C11H17ClN2OS/c12-11-13-7-10(16-11)8-14(5-2-6-15)9-3-1-4-9/h7,9,15H,1-6,8H2. The number of hydrogen-bond acceptors (Lipinski definition) is 4. The van der Waals surface area contributed by atoms with Crippen LogP contribution >= 0.6 is 22.9 Å². The summed E-state index contributed by atoms with van der Waals surface area (Å²) in [6, 6.07) is 0.701. The Hall–Kier alpha value is -0.160. The van der Waals surface area contributed by atoms with Gasteiger partial charge >= 0.3 is 0 Å². The maximum absolute atomic E-state index is 8.90. The maximum atomic E-state index is 8.90. The molecule has 0 aromatic carbocycles. The van der Waals surface area contributed by atoms with Crippen LogP contribution in [-0.4, -0.2) is 34.2 Å². The zero-order valence-corrected chi connectivity index (χ0v) is 10.8. The van der Waals surface area contributed by atoms with E-state index in [9.17, 15) is 0 Å². The molecule has 1 N–H and O–H groups in total. The van der Waals surface area contributed by atoms with Gasteiger partial charge in [0.1, 0.15) is 0 Å². The molecule has 1 aromatic heterocycles. The van der Waals surface area contributed by atoms with E-state index in [1.165, 1.54) is 24.1 Å². The van der Waals surface area contributed by atoms with Crippen LogP contribution in [0.3, 0.4) is 0 Å². The molecule has 1 aliphatic carbocycles. The fourth-order valence-corrected chi connectivity index (χ4v) is 2.98. The molecule has 1 saturated carbocycles. The van der Waals surface area contributed by atoms with Crippen molar-refractivity contribution in [3.8, 4) is 0 Å². The Labute approximate surface area is 105 Å². The minimum atomic E-state index is 0.271. The van der Waals surface area contributed by atoms with E-state index in [4.69, 9.17) is 16.7 Å². The monoisotopic (exact) mass is 260 g/mol.